The molecule has 0 saturated heterocycles. The van der Waals surface area contributed by atoms with E-state index in [-0.39, 0.29) is 0 Å². The Morgan fingerprint density at radius 2 is 0.814 bits per heavy atom. The molecular formula is C56H35NO2. The van der Waals surface area contributed by atoms with Crippen LogP contribution in [0.2, 0.25) is 0 Å². The summed E-state index contributed by atoms with van der Waals surface area (Å²) in [5, 5.41) is 9.30. The van der Waals surface area contributed by atoms with Crippen LogP contribution in [0.1, 0.15) is 0 Å². The summed E-state index contributed by atoms with van der Waals surface area (Å²) in [5.74, 6) is 0. The minimum atomic E-state index is 0.893. The number of benzene rings is 10. The van der Waals surface area contributed by atoms with Gasteiger partial charge in [0.1, 0.15) is 22.3 Å². The number of fused-ring (bicyclic) bond motifs is 9. The Kier molecular flexibility index (Phi) is 7.54. The van der Waals surface area contributed by atoms with Crippen molar-refractivity contribution in [2.75, 3.05) is 4.90 Å². The van der Waals surface area contributed by atoms with Crippen molar-refractivity contribution < 1.29 is 8.83 Å². The average Bonchev–Trinajstić information content (AvgIpc) is 3.89. The second-order valence-corrected chi connectivity index (χ2v) is 15.2. The Balaban J connectivity index is 0.991. The van der Waals surface area contributed by atoms with Gasteiger partial charge in [0, 0.05) is 44.0 Å². The molecule has 0 fully saturated rings. The number of furan rings is 2. The molecule has 0 spiro atoms. The normalized spacial score (nSPS) is 11.7. The van der Waals surface area contributed by atoms with E-state index in [2.05, 4.69) is 205 Å². The minimum Gasteiger partial charge on any atom is -0.456 e. The molecule has 2 heterocycles. The summed E-state index contributed by atoms with van der Waals surface area (Å²) in [6.45, 7) is 0. The number of hydrogen-bond donors (Lipinski definition) is 0. The SMILES string of the molecule is c1cc(-c2cccc3ccccc23)cc(N(c2ccc(-c3cccc4oc5ccccc5c34)cc2)c2ccc(-c3cccc4oc5c6ccccc6ccc5c34)cc2)c1. The van der Waals surface area contributed by atoms with Gasteiger partial charge < -0.3 is 13.7 Å². The smallest absolute Gasteiger partial charge is 0.143 e. The van der Waals surface area contributed by atoms with E-state index >= 15 is 0 Å². The fourth-order valence-corrected chi connectivity index (χ4v) is 9.13. The molecule has 0 atom stereocenters. The average molecular weight is 754 g/mol. The van der Waals surface area contributed by atoms with E-state index in [1.54, 1.807) is 0 Å². The van der Waals surface area contributed by atoms with Gasteiger partial charge >= 0.3 is 0 Å². The Morgan fingerprint density at radius 3 is 1.54 bits per heavy atom. The van der Waals surface area contributed by atoms with E-state index < -0.39 is 0 Å². The van der Waals surface area contributed by atoms with E-state index in [1.165, 1.54) is 27.3 Å². The standard InChI is InChI=1S/C56H35NO2/c1-3-16-44-36(11-1)13-8-19-45(44)40-14-7-15-43(35-40)57(41-30-25-38(26-31-41)46-20-9-23-52-54(46)49-18-5-6-22-51(49)58-52)42-32-27-39(28-33-42)47-21-10-24-53-55(47)50-34-29-37-12-2-4-17-48(37)56(50)59-53/h1-35H. The molecule has 0 bridgehead atoms. The summed E-state index contributed by atoms with van der Waals surface area (Å²) < 4.78 is 12.8. The first kappa shape index (κ1) is 33.3. The molecule has 3 heteroatoms. The summed E-state index contributed by atoms with van der Waals surface area (Å²) >= 11 is 0. The molecule has 276 valence electrons. The van der Waals surface area contributed by atoms with Crippen molar-refractivity contribution in [3.05, 3.63) is 212 Å². The highest BCUT2D eigenvalue weighted by molar-refractivity contribution is 6.19. The number of anilines is 3. The van der Waals surface area contributed by atoms with Gasteiger partial charge in [0.2, 0.25) is 0 Å². The summed E-state index contributed by atoms with van der Waals surface area (Å²) in [4.78, 5) is 2.36. The van der Waals surface area contributed by atoms with Crippen molar-refractivity contribution >= 4 is 82.5 Å². The zero-order valence-corrected chi connectivity index (χ0v) is 32.0. The Hall–Kier alpha value is -7.88. The third-order valence-corrected chi connectivity index (χ3v) is 11.9. The van der Waals surface area contributed by atoms with Crippen molar-refractivity contribution in [1.29, 1.82) is 0 Å². The van der Waals surface area contributed by atoms with Crippen LogP contribution in [0.5, 0.6) is 0 Å². The monoisotopic (exact) mass is 753 g/mol. The fraction of sp³-hybridized carbons (Fsp3) is 0. The second-order valence-electron chi connectivity index (χ2n) is 15.2. The lowest BCUT2D eigenvalue weighted by Crippen LogP contribution is -2.10. The Morgan fingerprint density at radius 1 is 0.288 bits per heavy atom. The first-order chi connectivity index (χ1) is 29.2. The van der Waals surface area contributed by atoms with Crippen LogP contribution in [0.15, 0.2) is 221 Å². The number of nitrogens with zero attached hydrogens (tertiary/aromatic N) is 1. The van der Waals surface area contributed by atoms with E-state index in [0.29, 0.717) is 0 Å². The van der Waals surface area contributed by atoms with E-state index in [1.807, 2.05) is 12.1 Å². The van der Waals surface area contributed by atoms with Crippen LogP contribution in [-0.4, -0.2) is 0 Å². The van der Waals surface area contributed by atoms with Gasteiger partial charge in [-0.2, -0.15) is 0 Å². The van der Waals surface area contributed by atoms with Gasteiger partial charge in [-0.05, 0) is 110 Å². The highest BCUT2D eigenvalue weighted by atomic mass is 16.3. The molecular weight excluding hydrogens is 719 g/mol. The van der Waals surface area contributed by atoms with Crippen LogP contribution in [0, 0.1) is 0 Å². The maximum absolute atomic E-state index is 6.55. The van der Waals surface area contributed by atoms with Crippen LogP contribution >= 0.6 is 0 Å². The molecule has 2 aromatic heterocycles. The van der Waals surface area contributed by atoms with E-state index in [4.69, 9.17) is 8.83 Å². The maximum Gasteiger partial charge on any atom is 0.143 e. The molecule has 10 aromatic carbocycles. The van der Waals surface area contributed by atoms with Gasteiger partial charge in [-0.25, -0.2) is 0 Å². The molecule has 0 N–H and O–H groups in total. The number of para-hydroxylation sites is 1. The molecule has 0 amide bonds. The van der Waals surface area contributed by atoms with Gasteiger partial charge in [-0.15, -0.1) is 0 Å². The summed E-state index contributed by atoms with van der Waals surface area (Å²) in [7, 11) is 0. The van der Waals surface area contributed by atoms with Gasteiger partial charge in [0.25, 0.3) is 0 Å². The van der Waals surface area contributed by atoms with Gasteiger partial charge in [0.05, 0.1) is 0 Å². The molecule has 3 nitrogen and oxygen atoms in total. The van der Waals surface area contributed by atoms with Crippen LogP contribution in [0.25, 0.3) is 98.8 Å². The van der Waals surface area contributed by atoms with Gasteiger partial charge in [0.15, 0.2) is 0 Å². The van der Waals surface area contributed by atoms with Crippen LogP contribution in [0.3, 0.4) is 0 Å². The molecule has 12 rings (SSSR count). The zero-order valence-electron chi connectivity index (χ0n) is 32.0. The largest absolute Gasteiger partial charge is 0.456 e. The Labute approximate surface area is 340 Å². The molecule has 0 radical (unpaired) electrons. The lowest BCUT2D eigenvalue weighted by atomic mass is 9.97. The van der Waals surface area contributed by atoms with Gasteiger partial charge in [-0.1, -0.05) is 152 Å². The highest BCUT2D eigenvalue weighted by Crippen LogP contribution is 2.43. The Bertz CT molecular complexity index is 3550. The van der Waals surface area contributed by atoms with Crippen molar-refractivity contribution in [2.45, 2.75) is 0 Å². The molecule has 0 aliphatic rings. The number of rotatable bonds is 6. The van der Waals surface area contributed by atoms with Crippen LogP contribution in [-0.2, 0) is 0 Å². The predicted octanol–water partition coefficient (Wildman–Crippen LogP) is 16.3. The summed E-state index contributed by atoms with van der Waals surface area (Å²) in [6.07, 6.45) is 0. The van der Waals surface area contributed by atoms with Crippen molar-refractivity contribution in [2.24, 2.45) is 0 Å². The molecule has 0 saturated carbocycles. The van der Waals surface area contributed by atoms with Crippen LogP contribution in [0.4, 0.5) is 17.1 Å². The maximum atomic E-state index is 6.55. The molecule has 0 aliphatic heterocycles. The second kappa shape index (κ2) is 13.4. The number of hydrogen-bond acceptors (Lipinski definition) is 3. The first-order valence-corrected chi connectivity index (χ1v) is 20.1. The third-order valence-electron chi connectivity index (χ3n) is 11.9. The lowest BCUT2D eigenvalue weighted by Gasteiger charge is -2.26. The summed E-state index contributed by atoms with van der Waals surface area (Å²) in [6, 6.07) is 75.8. The predicted molar refractivity (Wildman–Crippen MR) is 247 cm³/mol. The van der Waals surface area contributed by atoms with Crippen molar-refractivity contribution in [3.63, 3.8) is 0 Å². The quantitative estimate of drug-likeness (QED) is 0.169. The highest BCUT2D eigenvalue weighted by Gasteiger charge is 2.19. The lowest BCUT2D eigenvalue weighted by molar-refractivity contribution is 0.669. The van der Waals surface area contributed by atoms with Crippen molar-refractivity contribution in [1.82, 2.24) is 0 Å². The topological polar surface area (TPSA) is 29.5 Å². The van der Waals surface area contributed by atoms with Gasteiger partial charge in [-0.3, -0.25) is 0 Å². The minimum absolute atomic E-state index is 0.893. The first-order valence-electron chi connectivity index (χ1n) is 20.1. The zero-order chi connectivity index (χ0) is 38.9. The van der Waals surface area contributed by atoms with Crippen LogP contribution < -0.4 is 4.90 Å². The molecule has 0 aliphatic carbocycles. The molecule has 12 aromatic rings. The third kappa shape index (κ3) is 5.44. The summed E-state index contributed by atoms with van der Waals surface area (Å²) in [5.41, 5.74) is 13.8. The van der Waals surface area contributed by atoms with Crippen molar-refractivity contribution in [3.8, 4) is 33.4 Å². The molecule has 0 unspecified atom stereocenters. The molecule has 59 heavy (non-hydrogen) atoms. The van der Waals surface area contributed by atoms with E-state index in [9.17, 15) is 0 Å². The fourth-order valence-electron chi connectivity index (χ4n) is 9.13. The van der Waals surface area contributed by atoms with E-state index in [0.717, 1.165) is 88.6 Å².